The topological polar surface area (TPSA) is 239 Å². The van der Waals surface area contributed by atoms with Crippen LogP contribution < -0.4 is 42.5 Å². The predicted molar refractivity (Wildman–Crippen MR) is 269 cm³/mol. The van der Waals surface area contributed by atoms with Crippen molar-refractivity contribution in [2.24, 2.45) is 17.3 Å². The van der Waals surface area contributed by atoms with Crippen molar-refractivity contribution in [2.75, 3.05) is 27.2 Å². The largest absolute Gasteiger partial charge is 0.352 e. The Morgan fingerprint density at radius 3 is 2.04 bits per heavy atom. The van der Waals surface area contributed by atoms with E-state index in [0.717, 1.165) is 30.4 Å². The summed E-state index contributed by atoms with van der Waals surface area (Å²) in [5, 5.41) is 23.2. The molecule has 0 bridgehead atoms. The number of hydrogen-bond donors (Lipinski definition) is 8. The zero-order valence-corrected chi connectivity index (χ0v) is 43.7. The van der Waals surface area contributed by atoms with Crippen molar-refractivity contribution >= 4 is 59.0 Å². The fraction of sp³-hybridized carbons (Fsp3) is 0.608. The molecule has 0 saturated carbocycles. The van der Waals surface area contributed by atoms with Crippen LogP contribution in [0.15, 0.2) is 48.5 Å². The van der Waals surface area contributed by atoms with Gasteiger partial charge in [0.25, 0.3) is 11.8 Å². The highest BCUT2D eigenvalue weighted by atomic mass is 35.5. The fourth-order valence-corrected chi connectivity index (χ4v) is 8.40. The van der Waals surface area contributed by atoms with Crippen molar-refractivity contribution in [1.29, 1.82) is 0 Å². The molecule has 1 fully saturated rings. The second kappa shape index (κ2) is 25.5. The number of hydrogen-bond acceptors (Lipinski definition) is 10. The Hall–Kier alpha value is -5.59. The molecule has 9 atom stereocenters. The Morgan fingerprint density at radius 1 is 0.771 bits per heavy atom. The standard InChI is InChI=1S/C51H77ClN10O8/c1-28(2)30(5)55-47(67)39(58-49(69)41(29(3)4)59-44(64)32(7)61(12)52)23-24-54-45(65)34-19-15-20-35(25-34)46(66)56-36-26-40(48(68)57-38-22-16-18-33-17-13-14-21-37(33)38)62(27-36)50(70)42(51(8,9)10)60-43(63)31(6)53-11/h13-15,17,19-21,25,28-32,36,38-42,53H,16,18,22-24,26-27H2,1-12H3,(H,54,65)(H,55,67)(H,56,66)(H,57,68)(H,58,69)(H,59,64)(H,60,63)/t30-,31-,32+,36-,38+,39+,40-,41+,42+/m0/s1. The Bertz CT molecular complexity index is 2200. The summed E-state index contributed by atoms with van der Waals surface area (Å²) < 4.78 is 1.20. The Morgan fingerprint density at radius 2 is 1.43 bits per heavy atom. The second-order valence-corrected chi connectivity index (χ2v) is 21.1. The summed E-state index contributed by atoms with van der Waals surface area (Å²) in [6.07, 6.45) is 2.62. The highest BCUT2D eigenvalue weighted by molar-refractivity contribution is 6.14. The number of halogens is 1. The number of carbonyl (C=O) groups is 8. The van der Waals surface area contributed by atoms with Crippen LogP contribution in [0.1, 0.15) is 133 Å². The summed E-state index contributed by atoms with van der Waals surface area (Å²) in [6, 6.07) is 7.54. The van der Waals surface area contributed by atoms with Crippen LogP contribution >= 0.6 is 11.8 Å². The Kier molecular flexibility index (Phi) is 20.8. The van der Waals surface area contributed by atoms with E-state index in [2.05, 4.69) is 48.6 Å². The number of likely N-dealkylation sites (tertiary alicyclic amines) is 1. The maximum Gasteiger partial charge on any atom is 0.251 e. The van der Waals surface area contributed by atoms with Crippen LogP contribution in [0.25, 0.3) is 0 Å². The van der Waals surface area contributed by atoms with Gasteiger partial charge in [-0.3, -0.25) is 38.4 Å². The highest BCUT2D eigenvalue weighted by Gasteiger charge is 2.46. The van der Waals surface area contributed by atoms with Gasteiger partial charge in [-0.2, -0.15) is 0 Å². The highest BCUT2D eigenvalue weighted by Crippen LogP contribution is 2.31. The maximum atomic E-state index is 14.6. The Labute approximate surface area is 418 Å². The molecule has 70 heavy (non-hydrogen) atoms. The fourth-order valence-electron chi connectivity index (χ4n) is 8.31. The zero-order valence-electron chi connectivity index (χ0n) is 43.0. The normalized spacial score (nSPS) is 19.4. The number of carbonyl (C=O) groups excluding carboxylic acids is 8. The average molecular weight is 994 g/mol. The number of aryl methyl sites for hydroxylation is 1. The molecule has 1 aliphatic carbocycles. The lowest BCUT2D eigenvalue weighted by Gasteiger charge is -2.36. The van der Waals surface area contributed by atoms with Gasteiger partial charge in [-0.1, -0.05) is 78.8 Å². The summed E-state index contributed by atoms with van der Waals surface area (Å²) >= 11 is 5.99. The van der Waals surface area contributed by atoms with Gasteiger partial charge in [-0.25, -0.2) is 4.42 Å². The number of nitrogens with zero attached hydrogens (tertiary/aromatic N) is 2. The van der Waals surface area contributed by atoms with Crippen molar-refractivity contribution in [3.05, 3.63) is 70.8 Å². The van der Waals surface area contributed by atoms with E-state index in [1.54, 1.807) is 46.9 Å². The molecule has 2 aromatic rings. The third-order valence-electron chi connectivity index (χ3n) is 13.4. The first kappa shape index (κ1) is 57.0. The predicted octanol–water partition coefficient (Wildman–Crippen LogP) is 3.10. The third-order valence-corrected chi connectivity index (χ3v) is 13.7. The lowest BCUT2D eigenvalue weighted by atomic mass is 9.85. The Balaban J connectivity index is 1.50. The van der Waals surface area contributed by atoms with Gasteiger partial charge in [-0.15, -0.1) is 0 Å². The van der Waals surface area contributed by atoms with Crippen molar-refractivity contribution in [3.63, 3.8) is 0 Å². The first-order valence-electron chi connectivity index (χ1n) is 24.5. The van der Waals surface area contributed by atoms with E-state index in [9.17, 15) is 38.4 Å². The molecule has 0 unspecified atom stereocenters. The number of amides is 8. The first-order chi connectivity index (χ1) is 32.8. The van der Waals surface area contributed by atoms with E-state index in [-0.39, 0.29) is 72.8 Å². The number of benzene rings is 2. The van der Waals surface area contributed by atoms with E-state index >= 15 is 0 Å². The quantitative estimate of drug-likeness (QED) is 0.0851. The molecular weight excluding hydrogens is 916 g/mol. The molecule has 386 valence electrons. The van der Waals surface area contributed by atoms with E-state index in [0.29, 0.717) is 0 Å². The minimum Gasteiger partial charge on any atom is -0.352 e. The van der Waals surface area contributed by atoms with Crippen LogP contribution in [0.2, 0.25) is 0 Å². The van der Waals surface area contributed by atoms with Crippen molar-refractivity contribution in [1.82, 2.24) is 51.9 Å². The molecule has 2 aromatic carbocycles. The van der Waals surface area contributed by atoms with Gasteiger partial charge in [0.1, 0.15) is 30.2 Å². The molecule has 1 aliphatic heterocycles. The van der Waals surface area contributed by atoms with Gasteiger partial charge >= 0.3 is 0 Å². The third kappa shape index (κ3) is 15.5. The van der Waals surface area contributed by atoms with Gasteiger partial charge in [0, 0.05) is 43.3 Å². The van der Waals surface area contributed by atoms with Crippen molar-refractivity contribution in [3.8, 4) is 0 Å². The average Bonchev–Trinajstić information content (AvgIpc) is 3.74. The first-order valence-corrected chi connectivity index (χ1v) is 24.8. The van der Waals surface area contributed by atoms with Crippen LogP contribution in [0.5, 0.6) is 0 Å². The SMILES string of the molecule is CN[C@@H](C)C(=O)N[C@H](C(=O)N1C[C@@H](NC(=O)c2cccc(C(=O)NCC[C@@H](NC(=O)[C@H](NC(=O)[C@@H](C)N(C)Cl)C(C)C)C(=O)N[C@@H](C)C(C)C)c2)C[C@H]1C(=O)N[C@@H]1CCCc2ccccc21)C(C)(C)C. The van der Waals surface area contributed by atoms with E-state index < -0.39 is 83.2 Å². The number of likely N-dealkylation sites (N-methyl/N-ethyl adjacent to an activating group) is 2. The van der Waals surface area contributed by atoms with E-state index in [4.69, 9.17) is 11.8 Å². The molecule has 4 rings (SSSR count). The molecular formula is C51H77ClN10O8. The van der Waals surface area contributed by atoms with Gasteiger partial charge in [0.15, 0.2) is 0 Å². The summed E-state index contributed by atoms with van der Waals surface area (Å²) in [4.78, 5) is 111. The molecule has 8 N–H and O–H groups in total. The number of rotatable bonds is 21. The van der Waals surface area contributed by atoms with Crippen LogP contribution in [-0.2, 0) is 35.2 Å². The smallest absolute Gasteiger partial charge is 0.251 e. The summed E-state index contributed by atoms with van der Waals surface area (Å²) in [6.45, 7) is 18.0. The lowest BCUT2D eigenvalue weighted by molar-refractivity contribution is -0.144. The van der Waals surface area contributed by atoms with Gasteiger partial charge in [0.2, 0.25) is 35.4 Å². The molecule has 0 radical (unpaired) electrons. The minimum atomic E-state index is -1.08. The number of nitrogens with one attached hydrogen (secondary N) is 8. The summed E-state index contributed by atoms with van der Waals surface area (Å²) in [5.74, 6) is -4.01. The summed E-state index contributed by atoms with van der Waals surface area (Å²) in [7, 11) is 3.17. The molecule has 2 aliphatic rings. The summed E-state index contributed by atoms with van der Waals surface area (Å²) in [5.41, 5.74) is 1.76. The molecule has 0 spiro atoms. The lowest BCUT2D eigenvalue weighted by Crippen LogP contribution is -2.59. The van der Waals surface area contributed by atoms with Crippen LogP contribution in [0.4, 0.5) is 0 Å². The van der Waals surface area contributed by atoms with E-state index in [1.807, 2.05) is 59.7 Å². The monoisotopic (exact) mass is 993 g/mol. The molecule has 0 aromatic heterocycles. The molecule has 1 saturated heterocycles. The van der Waals surface area contributed by atoms with Crippen LogP contribution in [-0.4, -0.2) is 132 Å². The van der Waals surface area contributed by atoms with Gasteiger partial charge in [0.05, 0.1) is 12.1 Å². The second-order valence-electron chi connectivity index (χ2n) is 20.5. The molecule has 1 heterocycles. The minimum absolute atomic E-state index is 0.00105. The maximum absolute atomic E-state index is 14.6. The van der Waals surface area contributed by atoms with E-state index in [1.165, 1.54) is 28.5 Å². The van der Waals surface area contributed by atoms with Crippen molar-refractivity contribution < 1.29 is 38.4 Å². The van der Waals surface area contributed by atoms with Gasteiger partial charge in [-0.05, 0) is 118 Å². The van der Waals surface area contributed by atoms with Crippen LogP contribution in [0.3, 0.4) is 0 Å². The van der Waals surface area contributed by atoms with Gasteiger partial charge < -0.3 is 47.4 Å². The zero-order chi connectivity index (χ0) is 52.2. The molecule has 8 amide bonds. The molecule has 19 heteroatoms. The molecule has 18 nitrogen and oxygen atoms in total. The van der Waals surface area contributed by atoms with Crippen molar-refractivity contribution in [2.45, 2.75) is 156 Å². The number of fused-ring (bicyclic) bond motifs is 1. The van der Waals surface area contributed by atoms with Crippen LogP contribution in [0, 0.1) is 17.3 Å².